The third kappa shape index (κ3) is 3.32. The van der Waals surface area contributed by atoms with Crippen LogP contribution in [0.4, 0.5) is 0 Å². The van der Waals surface area contributed by atoms with Gasteiger partial charge in [0.2, 0.25) is 0 Å². The van der Waals surface area contributed by atoms with Crippen molar-refractivity contribution in [2.45, 2.75) is 58.9 Å². The second kappa shape index (κ2) is 6.83. The number of nitrogens with zero attached hydrogens (tertiary/aromatic N) is 3. The summed E-state index contributed by atoms with van der Waals surface area (Å²) in [6, 6.07) is 1.94. The molecule has 5 nitrogen and oxygen atoms in total. The summed E-state index contributed by atoms with van der Waals surface area (Å²) in [5.74, 6) is 0.876. The molecule has 1 atom stereocenters. The van der Waals surface area contributed by atoms with Gasteiger partial charge in [-0.3, -0.25) is 4.79 Å². The summed E-state index contributed by atoms with van der Waals surface area (Å²) in [4.78, 5) is 20.3. The number of hydrogen-bond donors (Lipinski definition) is 0. The van der Waals surface area contributed by atoms with Crippen molar-refractivity contribution in [2.24, 2.45) is 0 Å². The van der Waals surface area contributed by atoms with Crippen molar-refractivity contribution in [1.29, 1.82) is 0 Å². The Labute approximate surface area is 140 Å². The van der Waals surface area contributed by atoms with E-state index in [1.807, 2.05) is 24.8 Å². The fourth-order valence-corrected chi connectivity index (χ4v) is 4.12. The minimum atomic E-state index is 0.00397. The lowest BCUT2D eigenvalue weighted by atomic mass is 10.1. The zero-order chi connectivity index (χ0) is 16.4. The lowest BCUT2D eigenvalue weighted by molar-refractivity contribution is 0.0718. The van der Waals surface area contributed by atoms with Gasteiger partial charge in [-0.15, -0.1) is 11.3 Å². The second-order valence-corrected chi connectivity index (χ2v) is 7.24. The molecule has 0 N–H and O–H groups in total. The van der Waals surface area contributed by atoms with E-state index in [2.05, 4.69) is 17.1 Å². The Hall–Kier alpha value is -1.69. The second-order valence-electron chi connectivity index (χ2n) is 6.15. The molecule has 0 aliphatic carbocycles. The summed E-state index contributed by atoms with van der Waals surface area (Å²) in [6.45, 7) is 6.77. The fraction of sp³-hybridized carbons (Fsp3) is 0.588. The first-order valence-electron chi connectivity index (χ1n) is 8.30. The molecule has 6 heteroatoms. The van der Waals surface area contributed by atoms with E-state index in [0.717, 1.165) is 65.7 Å². The van der Waals surface area contributed by atoms with Crippen molar-refractivity contribution in [1.82, 2.24) is 15.0 Å². The van der Waals surface area contributed by atoms with Crippen LogP contribution in [0.3, 0.4) is 0 Å². The minimum Gasteiger partial charge on any atom is -0.359 e. The molecule has 0 unspecified atom stereocenters. The number of carbonyl (C=O) groups excluding carboxylic acids is 1. The van der Waals surface area contributed by atoms with Gasteiger partial charge in [-0.2, -0.15) is 0 Å². The van der Waals surface area contributed by atoms with Crippen LogP contribution >= 0.6 is 11.3 Å². The molecule has 3 rings (SSSR count). The summed E-state index contributed by atoms with van der Waals surface area (Å²) in [7, 11) is 0. The van der Waals surface area contributed by atoms with Crippen LogP contribution in [0.25, 0.3) is 0 Å². The van der Waals surface area contributed by atoms with Crippen LogP contribution in [-0.2, 0) is 6.42 Å². The van der Waals surface area contributed by atoms with E-state index in [1.165, 1.54) is 0 Å². The average Bonchev–Trinajstić information content (AvgIpc) is 3.23. The number of aromatic nitrogens is 2. The summed E-state index contributed by atoms with van der Waals surface area (Å²) >= 11 is 1.55. The lowest BCUT2D eigenvalue weighted by Gasteiger charge is -2.22. The van der Waals surface area contributed by atoms with Gasteiger partial charge >= 0.3 is 0 Å². The van der Waals surface area contributed by atoms with E-state index in [-0.39, 0.29) is 11.9 Å². The molecule has 1 amide bonds. The van der Waals surface area contributed by atoms with E-state index in [1.54, 1.807) is 11.3 Å². The number of carbonyl (C=O) groups is 1. The first-order chi connectivity index (χ1) is 11.1. The van der Waals surface area contributed by atoms with Crippen LogP contribution in [0, 0.1) is 13.8 Å². The van der Waals surface area contributed by atoms with Gasteiger partial charge in [0, 0.05) is 12.6 Å². The summed E-state index contributed by atoms with van der Waals surface area (Å²) in [5, 5.41) is 5.03. The Kier molecular flexibility index (Phi) is 4.80. The maximum atomic E-state index is 13.0. The van der Waals surface area contributed by atoms with Crippen LogP contribution in [0.5, 0.6) is 0 Å². The predicted octanol–water partition coefficient (Wildman–Crippen LogP) is 4.07. The molecule has 0 aromatic carbocycles. The highest BCUT2D eigenvalue weighted by atomic mass is 32.1. The summed E-state index contributed by atoms with van der Waals surface area (Å²) in [6.07, 6.45) is 5.14. The fourth-order valence-electron chi connectivity index (χ4n) is 3.06. The van der Waals surface area contributed by atoms with Crippen molar-refractivity contribution in [2.75, 3.05) is 6.54 Å². The molecule has 2 aromatic heterocycles. The maximum absolute atomic E-state index is 13.0. The highest BCUT2D eigenvalue weighted by Crippen LogP contribution is 2.35. The molecule has 1 fully saturated rings. The normalized spacial score (nSPS) is 17.9. The standard InChI is InChI=1S/C17H23N3O2S/c1-4-5-8-15-18-12(3)16(23-15)17(21)20-9-6-7-13(20)14-10-11(2)19-22-14/h10,13H,4-9H2,1-3H3/t13-/m1/s1. The van der Waals surface area contributed by atoms with Gasteiger partial charge in [-0.1, -0.05) is 18.5 Å². The molecule has 2 aromatic rings. The molecule has 124 valence electrons. The summed E-state index contributed by atoms with van der Waals surface area (Å²) in [5.41, 5.74) is 1.71. The van der Waals surface area contributed by atoms with Crippen molar-refractivity contribution in [3.8, 4) is 0 Å². The molecular weight excluding hydrogens is 310 g/mol. The van der Waals surface area contributed by atoms with Gasteiger partial charge in [0.25, 0.3) is 5.91 Å². The molecular formula is C17H23N3O2S. The predicted molar refractivity (Wildman–Crippen MR) is 89.7 cm³/mol. The van der Waals surface area contributed by atoms with Gasteiger partial charge in [0.05, 0.1) is 22.4 Å². The largest absolute Gasteiger partial charge is 0.359 e. The van der Waals surface area contributed by atoms with E-state index in [9.17, 15) is 4.79 Å². The smallest absolute Gasteiger partial charge is 0.266 e. The third-order valence-electron chi connectivity index (χ3n) is 4.27. The first-order valence-corrected chi connectivity index (χ1v) is 9.12. The van der Waals surface area contributed by atoms with Crippen LogP contribution in [0.2, 0.25) is 0 Å². The number of amides is 1. The molecule has 0 saturated carbocycles. The first kappa shape index (κ1) is 16.2. The Morgan fingerprint density at radius 2 is 2.30 bits per heavy atom. The molecule has 0 spiro atoms. The number of aryl methyl sites for hydroxylation is 3. The minimum absolute atomic E-state index is 0.00397. The molecule has 3 heterocycles. The number of likely N-dealkylation sites (tertiary alicyclic amines) is 1. The average molecular weight is 333 g/mol. The lowest BCUT2D eigenvalue weighted by Crippen LogP contribution is -2.30. The van der Waals surface area contributed by atoms with Crippen LogP contribution < -0.4 is 0 Å². The van der Waals surface area contributed by atoms with Crippen LogP contribution in [0.15, 0.2) is 10.6 Å². The number of thiazole rings is 1. The van der Waals surface area contributed by atoms with Crippen molar-refractivity contribution >= 4 is 17.2 Å². The SMILES string of the molecule is CCCCc1nc(C)c(C(=O)N2CCC[C@@H]2c2cc(C)no2)s1. The molecule has 1 saturated heterocycles. The Morgan fingerprint density at radius 1 is 1.48 bits per heavy atom. The van der Waals surface area contributed by atoms with E-state index in [0.29, 0.717) is 0 Å². The topological polar surface area (TPSA) is 59.2 Å². The number of unbranched alkanes of at least 4 members (excludes halogenated alkanes) is 1. The van der Waals surface area contributed by atoms with Gasteiger partial charge in [-0.05, 0) is 39.5 Å². The van der Waals surface area contributed by atoms with Crippen molar-refractivity contribution < 1.29 is 9.32 Å². The molecule has 1 aliphatic rings. The number of hydrogen-bond acceptors (Lipinski definition) is 5. The zero-order valence-electron chi connectivity index (χ0n) is 14.0. The van der Waals surface area contributed by atoms with Crippen LogP contribution in [0.1, 0.15) is 70.5 Å². The van der Waals surface area contributed by atoms with E-state index >= 15 is 0 Å². The van der Waals surface area contributed by atoms with E-state index < -0.39 is 0 Å². The number of rotatable bonds is 5. The van der Waals surface area contributed by atoms with Gasteiger partial charge in [-0.25, -0.2) is 4.98 Å². The van der Waals surface area contributed by atoms with E-state index in [4.69, 9.17) is 4.52 Å². The molecule has 23 heavy (non-hydrogen) atoms. The van der Waals surface area contributed by atoms with Crippen LogP contribution in [-0.4, -0.2) is 27.5 Å². The Balaban J connectivity index is 1.80. The molecule has 0 bridgehead atoms. The third-order valence-corrected chi connectivity index (χ3v) is 5.47. The Morgan fingerprint density at radius 3 is 3.00 bits per heavy atom. The van der Waals surface area contributed by atoms with Crippen molar-refractivity contribution in [3.63, 3.8) is 0 Å². The highest BCUT2D eigenvalue weighted by Gasteiger charge is 2.34. The Bertz CT molecular complexity index is 692. The van der Waals surface area contributed by atoms with Gasteiger partial charge in [0.15, 0.2) is 5.76 Å². The summed E-state index contributed by atoms with van der Waals surface area (Å²) < 4.78 is 5.40. The quantitative estimate of drug-likeness (QED) is 0.827. The van der Waals surface area contributed by atoms with Crippen molar-refractivity contribution in [3.05, 3.63) is 33.1 Å². The van der Waals surface area contributed by atoms with Gasteiger partial charge < -0.3 is 9.42 Å². The monoisotopic (exact) mass is 333 g/mol. The maximum Gasteiger partial charge on any atom is 0.266 e. The van der Waals surface area contributed by atoms with Gasteiger partial charge in [0.1, 0.15) is 4.88 Å². The molecule has 0 radical (unpaired) electrons. The molecule has 1 aliphatic heterocycles. The zero-order valence-corrected chi connectivity index (χ0v) is 14.8. The highest BCUT2D eigenvalue weighted by molar-refractivity contribution is 7.13.